The zero-order chi connectivity index (χ0) is 22.3. The molecule has 3 aromatic rings. The van der Waals surface area contributed by atoms with Crippen molar-refractivity contribution >= 4 is 23.4 Å². The molecule has 0 aliphatic heterocycles. The van der Waals surface area contributed by atoms with Gasteiger partial charge in [0, 0.05) is 27.4 Å². The summed E-state index contributed by atoms with van der Waals surface area (Å²) in [4.78, 5) is 25.1. The smallest absolute Gasteiger partial charge is 0.258 e. The van der Waals surface area contributed by atoms with E-state index in [-0.39, 0.29) is 29.5 Å². The first-order valence-corrected chi connectivity index (χ1v) is 10.7. The van der Waals surface area contributed by atoms with Crippen LogP contribution >= 0.6 is 11.6 Å². The van der Waals surface area contributed by atoms with Crippen molar-refractivity contribution in [3.05, 3.63) is 71.3 Å². The van der Waals surface area contributed by atoms with Gasteiger partial charge in [0.25, 0.3) is 11.8 Å². The van der Waals surface area contributed by atoms with Crippen LogP contribution in [0.25, 0.3) is 5.69 Å². The highest BCUT2D eigenvalue weighted by molar-refractivity contribution is 6.31. The molecule has 1 aromatic heterocycles. The van der Waals surface area contributed by atoms with Crippen LogP contribution in [-0.4, -0.2) is 44.3 Å². The van der Waals surface area contributed by atoms with E-state index in [0.717, 1.165) is 30.5 Å². The number of amides is 2. The molecule has 8 nitrogen and oxygen atoms in total. The van der Waals surface area contributed by atoms with Crippen molar-refractivity contribution < 1.29 is 14.3 Å². The number of aryl methyl sites for hydroxylation is 1. The Morgan fingerprint density at radius 3 is 2.50 bits per heavy atom. The molecule has 2 bridgehead atoms. The lowest BCUT2D eigenvalue weighted by atomic mass is 9.44. The zero-order valence-corrected chi connectivity index (χ0v) is 18.2. The fraction of sp³-hybridized carbons (Fsp3) is 0.304. The molecule has 0 radical (unpaired) electrons. The molecule has 0 atom stereocenters. The standard InChI is InChI=1S/C23H22ClN5O3/c1-15-7-18(5-6-19(15)24)32-9-20(30)27-22-10-23(11-22,12-22)28-21(31)16-3-2-4-17(8-16)29-13-25-26-14-29/h2-8,13-14H,9-12H2,1H3,(H,27,30)(H,28,31). The van der Waals surface area contributed by atoms with Crippen molar-refractivity contribution in [2.45, 2.75) is 37.3 Å². The van der Waals surface area contributed by atoms with E-state index in [1.807, 2.05) is 19.1 Å². The van der Waals surface area contributed by atoms with Crippen LogP contribution in [0.4, 0.5) is 0 Å². The molecule has 0 saturated heterocycles. The van der Waals surface area contributed by atoms with Gasteiger partial charge in [0.15, 0.2) is 6.61 Å². The second kappa shape index (κ2) is 7.63. The summed E-state index contributed by atoms with van der Waals surface area (Å²) in [6, 6.07) is 12.6. The monoisotopic (exact) mass is 451 g/mol. The largest absolute Gasteiger partial charge is 0.484 e. The SMILES string of the molecule is Cc1cc(OCC(=O)NC23CC(NC(=O)c4cccc(-n5cnnc5)c4)(C2)C3)ccc1Cl. The molecule has 9 heteroatoms. The third-order valence-electron chi connectivity index (χ3n) is 6.14. The molecule has 0 spiro atoms. The van der Waals surface area contributed by atoms with Gasteiger partial charge in [-0.25, -0.2) is 0 Å². The maximum absolute atomic E-state index is 12.8. The minimum Gasteiger partial charge on any atom is -0.484 e. The highest BCUT2D eigenvalue weighted by Crippen LogP contribution is 2.60. The van der Waals surface area contributed by atoms with Crippen LogP contribution in [0, 0.1) is 6.92 Å². The van der Waals surface area contributed by atoms with E-state index >= 15 is 0 Å². The van der Waals surface area contributed by atoms with Crippen molar-refractivity contribution in [2.75, 3.05) is 6.61 Å². The number of aromatic nitrogens is 3. The van der Waals surface area contributed by atoms with Crippen LogP contribution in [0.15, 0.2) is 55.1 Å². The van der Waals surface area contributed by atoms with Crippen LogP contribution in [-0.2, 0) is 4.79 Å². The van der Waals surface area contributed by atoms with Gasteiger partial charge in [-0.3, -0.25) is 14.2 Å². The van der Waals surface area contributed by atoms with E-state index in [1.165, 1.54) is 0 Å². The number of nitrogens with zero attached hydrogens (tertiary/aromatic N) is 3. The van der Waals surface area contributed by atoms with Crippen LogP contribution in [0.3, 0.4) is 0 Å². The highest BCUT2D eigenvalue weighted by atomic mass is 35.5. The van der Waals surface area contributed by atoms with Gasteiger partial charge in [0.1, 0.15) is 18.4 Å². The first kappa shape index (κ1) is 20.5. The number of rotatable bonds is 7. The predicted molar refractivity (Wildman–Crippen MR) is 118 cm³/mol. The minimum absolute atomic E-state index is 0.0575. The number of carbonyl (C=O) groups excluding carboxylic acids is 2. The molecular formula is C23H22ClN5O3. The lowest BCUT2D eigenvalue weighted by Gasteiger charge is -2.70. The van der Waals surface area contributed by atoms with Gasteiger partial charge in [0.2, 0.25) is 0 Å². The second-order valence-corrected chi connectivity index (χ2v) is 9.12. The molecule has 164 valence electrons. The van der Waals surface area contributed by atoms with E-state index < -0.39 is 0 Å². The lowest BCUT2D eigenvalue weighted by molar-refractivity contribution is -0.141. The maximum atomic E-state index is 12.8. The Labute approximate surface area is 189 Å². The van der Waals surface area contributed by atoms with Crippen molar-refractivity contribution in [3.63, 3.8) is 0 Å². The number of hydrogen-bond donors (Lipinski definition) is 2. The number of ether oxygens (including phenoxy) is 1. The Bertz CT molecular complexity index is 1170. The summed E-state index contributed by atoms with van der Waals surface area (Å²) in [5.41, 5.74) is 1.80. The van der Waals surface area contributed by atoms with Crippen LogP contribution in [0.1, 0.15) is 35.2 Å². The van der Waals surface area contributed by atoms with E-state index in [2.05, 4.69) is 20.8 Å². The molecule has 2 N–H and O–H groups in total. The van der Waals surface area contributed by atoms with Crippen molar-refractivity contribution in [3.8, 4) is 11.4 Å². The maximum Gasteiger partial charge on any atom is 0.258 e. The predicted octanol–water partition coefficient (Wildman–Crippen LogP) is 2.83. The molecule has 0 unspecified atom stereocenters. The second-order valence-electron chi connectivity index (χ2n) is 8.71. The van der Waals surface area contributed by atoms with Gasteiger partial charge in [-0.05, 0) is 68.1 Å². The highest BCUT2D eigenvalue weighted by Gasteiger charge is 2.69. The van der Waals surface area contributed by atoms with Crippen molar-refractivity contribution in [1.29, 1.82) is 0 Å². The van der Waals surface area contributed by atoms with Crippen molar-refractivity contribution in [2.24, 2.45) is 0 Å². The summed E-state index contributed by atoms with van der Waals surface area (Å²) in [5.74, 6) is 0.317. The fourth-order valence-electron chi connectivity index (χ4n) is 4.70. The zero-order valence-electron chi connectivity index (χ0n) is 17.5. The van der Waals surface area contributed by atoms with E-state index in [4.69, 9.17) is 16.3 Å². The van der Waals surface area contributed by atoms with Crippen molar-refractivity contribution in [1.82, 2.24) is 25.4 Å². The number of nitrogens with one attached hydrogen (secondary N) is 2. The number of carbonyl (C=O) groups is 2. The Hall–Kier alpha value is -3.39. The molecule has 3 fully saturated rings. The van der Waals surface area contributed by atoms with Gasteiger partial charge in [0.05, 0.1) is 0 Å². The van der Waals surface area contributed by atoms with Gasteiger partial charge in [-0.15, -0.1) is 10.2 Å². The van der Waals surface area contributed by atoms with Gasteiger partial charge >= 0.3 is 0 Å². The molecule has 3 saturated carbocycles. The summed E-state index contributed by atoms with van der Waals surface area (Å²) in [6.45, 7) is 1.83. The molecule has 32 heavy (non-hydrogen) atoms. The number of benzene rings is 2. The average molecular weight is 452 g/mol. The van der Waals surface area contributed by atoms with E-state index in [1.54, 1.807) is 47.6 Å². The quantitative estimate of drug-likeness (QED) is 0.575. The summed E-state index contributed by atoms with van der Waals surface area (Å²) >= 11 is 6.01. The Balaban J connectivity index is 1.12. The Kier molecular flexibility index (Phi) is 4.89. The first-order valence-electron chi connectivity index (χ1n) is 10.3. The average Bonchev–Trinajstić information content (AvgIpc) is 3.27. The van der Waals surface area contributed by atoms with Gasteiger partial charge < -0.3 is 15.4 Å². The molecule has 3 aliphatic carbocycles. The Morgan fingerprint density at radius 1 is 1.06 bits per heavy atom. The lowest BCUT2D eigenvalue weighted by Crippen LogP contribution is -2.84. The summed E-state index contributed by atoms with van der Waals surface area (Å²) in [5, 5.41) is 14.5. The summed E-state index contributed by atoms with van der Waals surface area (Å²) in [7, 11) is 0. The third kappa shape index (κ3) is 3.82. The van der Waals surface area contributed by atoms with Crippen LogP contribution < -0.4 is 15.4 Å². The molecule has 2 aromatic carbocycles. The molecular weight excluding hydrogens is 430 g/mol. The van der Waals surface area contributed by atoms with Gasteiger partial charge in [-0.1, -0.05) is 17.7 Å². The molecule has 3 aliphatic rings. The minimum atomic E-state index is -0.245. The van der Waals surface area contributed by atoms with E-state index in [0.29, 0.717) is 16.3 Å². The summed E-state index contributed by atoms with van der Waals surface area (Å²) in [6.07, 6.45) is 5.35. The molecule has 1 heterocycles. The van der Waals surface area contributed by atoms with Crippen LogP contribution in [0.2, 0.25) is 5.02 Å². The number of halogens is 1. The topological polar surface area (TPSA) is 98.1 Å². The molecule has 6 rings (SSSR count). The first-order chi connectivity index (χ1) is 15.4. The fourth-order valence-corrected chi connectivity index (χ4v) is 4.81. The van der Waals surface area contributed by atoms with E-state index in [9.17, 15) is 9.59 Å². The Morgan fingerprint density at radius 2 is 1.78 bits per heavy atom. The van der Waals surface area contributed by atoms with Gasteiger partial charge in [-0.2, -0.15) is 0 Å². The molecule has 2 amide bonds. The normalized spacial score (nSPS) is 22.9. The third-order valence-corrected chi connectivity index (χ3v) is 6.56. The number of hydrogen-bond acceptors (Lipinski definition) is 5. The van der Waals surface area contributed by atoms with Crippen LogP contribution in [0.5, 0.6) is 5.75 Å². The summed E-state index contributed by atoms with van der Waals surface area (Å²) < 4.78 is 7.32.